The first-order chi connectivity index (χ1) is 28.0. The van der Waals surface area contributed by atoms with Crippen molar-refractivity contribution in [3.63, 3.8) is 0 Å². The van der Waals surface area contributed by atoms with Gasteiger partial charge in [0.15, 0.2) is 5.78 Å². The van der Waals surface area contributed by atoms with Gasteiger partial charge in [-0.2, -0.15) is 19.0 Å². The number of nitrogens with two attached hydrogens (primary N) is 1. The number of carbonyl (C=O) groups is 3. The minimum absolute atomic E-state index is 0.0863. The van der Waals surface area contributed by atoms with E-state index in [0.717, 1.165) is 14.9 Å². The van der Waals surface area contributed by atoms with Crippen molar-refractivity contribution in [2.75, 3.05) is 24.9 Å². The maximum Gasteiger partial charge on any atom is 0.262 e. The number of hydrogen-bond donors (Lipinski definition) is 3. The van der Waals surface area contributed by atoms with Gasteiger partial charge >= 0.3 is 0 Å². The Morgan fingerprint density at radius 3 is 1.34 bits per heavy atom. The van der Waals surface area contributed by atoms with Crippen molar-refractivity contribution in [2.45, 2.75) is 27.7 Å². The number of nitrogens with zero attached hydrogens (tertiary/aromatic N) is 5. The van der Waals surface area contributed by atoms with Gasteiger partial charge in [0.2, 0.25) is 11.9 Å². The predicted octanol–water partition coefficient (Wildman–Crippen LogP) is 7.93. The van der Waals surface area contributed by atoms with Crippen molar-refractivity contribution >= 4 is 34.7 Å². The van der Waals surface area contributed by atoms with Gasteiger partial charge in [-0.15, -0.1) is 0 Å². The molecule has 0 spiro atoms. The molecule has 0 aliphatic rings. The van der Waals surface area contributed by atoms with Crippen molar-refractivity contribution in [1.82, 2.24) is 19.6 Å². The summed E-state index contributed by atoms with van der Waals surface area (Å²) in [5.74, 6) is 0.509. The Hall–Kier alpha value is -6.98. The van der Waals surface area contributed by atoms with E-state index in [1.54, 1.807) is 50.2 Å². The molecule has 0 bridgehead atoms. The van der Waals surface area contributed by atoms with Crippen molar-refractivity contribution < 1.29 is 41.6 Å². The van der Waals surface area contributed by atoms with E-state index in [1.165, 1.54) is 78.6 Å². The van der Waals surface area contributed by atoms with Gasteiger partial charge in [0, 0.05) is 42.2 Å². The van der Waals surface area contributed by atoms with Crippen LogP contribution in [0, 0.1) is 37.4 Å². The molecule has 2 amide bonds. The molecule has 17 heteroatoms. The lowest BCUT2D eigenvalue weighted by atomic mass is 10.0. The molecule has 4 N–H and O–H groups in total. The second-order valence-corrected chi connectivity index (χ2v) is 12.8. The summed E-state index contributed by atoms with van der Waals surface area (Å²) >= 11 is 0. The van der Waals surface area contributed by atoms with Gasteiger partial charge in [0.1, 0.15) is 29.9 Å². The van der Waals surface area contributed by atoms with E-state index in [2.05, 4.69) is 36.7 Å². The molecule has 0 aliphatic carbocycles. The fourth-order valence-electron chi connectivity index (χ4n) is 5.84. The number of halogens is 4. The SMILES string of the molecule is CC(=O)c1ccc(-c2cc(F)ccc2NC(=O)c2c(C)nn(C)c2F)cc1.CO/N=C(\C)c1ccc(-c2cc(F)ccc2NC(=O)c2c(C)nn(C)c2F)cc1.CON. The number of rotatable bonds is 9. The normalized spacial score (nSPS) is 10.8. The Labute approximate surface area is 337 Å². The van der Waals surface area contributed by atoms with E-state index < -0.39 is 35.3 Å². The number of benzene rings is 4. The third kappa shape index (κ3) is 10.9. The summed E-state index contributed by atoms with van der Waals surface area (Å²) in [6, 6.07) is 21.6. The molecule has 0 saturated carbocycles. The summed E-state index contributed by atoms with van der Waals surface area (Å²) in [7, 11) is 5.68. The van der Waals surface area contributed by atoms with Crippen LogP contribution in [0.2, 0.25) is 0 Å². The van der Waals surface area contributed by atoms with Crippen LogP contribution >= 0.6 is 0 Å². The van der Waals surface area contributed by atoms with E-state index in [4.69, 9.17) is 4.84 Å². The first-order valence-corrected chi connectivity index (χ1v) is 17.6. The third-order valence-electron chi connectivity index (χ3n) is 8.66. The highest BCUT2D eigenvalue weighted by molar-refractivity contribution is 6.08. The lowest BCUT2D eigenvalue weighted by molar-refractivity contribution is 0.101. The molecule has 2 aromatic heterocycles. The van der Waals surface area contributed by atoms with Crippen LogP contribution < -0.4 is 16.5 Å². The number of oxime groups is 1. The van der Waals surface area contributed by atoms with Crippen LogP contribution in [0.3, 0.4) is 0 Å². The van der Waals surface area contributed by atoms with Crippen LogP contribution in [0.1, 0.15) is 61.9 Å². The zero-order chi connectivity index (χ0) is 43.6. The number of Topliss-reactive ketones (excluding diaryl/α,β-unsaturated/α-hetero) is 1. The minimum atomic E-state index is -0.750. The van der Waals surface area contributed by atoms with E-state index in [-0.39, 0.29) is 28.3 Å². The molecule has 0 aliphatic heterocycles. The molecular weight excluding hydrogens is 773 g/mol. The molecule has 0 atom stereocenters. The zero-order valence-corrected chi connectivity index (χ0v) is 33.4. The molecule has 13 nitrogen and oxygen atoms in total. The fraction of sp³-hybridized carbons (Fsp3) is 0.190. The molecule has 308 valence electrons. The highest BCUT2D eigenvalue weighted by Gasteiger charge is 2.23. The average molecular weight is 815 g/mol. The van der Waals surface area contributed by atoms with Crippen molar-refractivity contribution in [2.24, 2.45) is 25.1 Å². The monoisotopic (exact) mass is 814 g/mol. The second-order valence-electron chi connectivity index (χ2n) is 12.8. The summed E-state index contributed by atoms with van der Waals surface area (Å²) in [5, 5.41) is 16.9. The van der Waals surface area contributed by atoms with E-state index in [1.807, 2.05) is 12.1 Å². The Bertz CT molecular complexity index is 2500. The highest BCUT2D eigenvalue weighted by atomic mass is 19.1. The van der Waals surface area contributed by atoms with E-state index in [9.17, 15) is 31.9 Å². The van der Waals surface area contributed by atoms with Gasteiger partial charge in [0.05, 0.1) is 24.2 Å². The number of nitrogens with one attached hydrogen (secondary N) is 2. The second kappa shape index (κ2) is 19.9. The summed E-state index contributed by atoms with van der Waals surface area (Å²) in [4.78, 5) is 45.1. The maximum atomic E-state index is 14.2. The zero-order valence-electron chi connectivity index (χ0n) is 33.4. The molecule has 6 aromatic rings. The average Bonchev–Trinajstić information content (AvgIpc) is 3.62. The molecule has 6 rings (SSSR count). The predicted molar refractivity (Wildman–Crippen MR) is 216 cm³/mol. The van der Waals surface area contributed by atoms with Gasteiger partial charge in [-0.25, -0.2) is 24.0 Å². The largest absolute Gasteiger partial charge is 0.399 e. The molecule has 0 radical (unpaired) electrons. The summed E-state index contributed by atoms with van der Waals surface area (Å²) in [6.07, 6.45) is 0. The number of aryl methyl sites for hydroxylation is 4. The standard InChI is InChI=1S/C21H20F2N4O2.C20H17F2N3O2.CH5NO/c1-12(26-29-4)14-5-7-15(8-6-14)17-11-16(22)9-10-18(17)24-21(28)19-13(2)25-27(3)20(19)23;1-11-18(19(22)25(3)24-11)20(27)23-17-9-8-15(21)10-16(17)14-6-4-13(5-7-14)12(2)26;1-3-2/h5-11H,1-4H3,(H,24,28);4-10H,1-3H3,(H,23,27);2H2,1H3/b26-12+;;. The van der Waals surface area contributed by atoms with Crippen LogP contribution in [0.15, 0.2) is 90.1 Å². The van der Waals surface area contributed by atoms with E-state index >= 15 is 0 Å². The van der Waals surface area contributed by atoms with E-state index in [0.29, 0.717) is 44.9 Å². The number of anilines is 2. The molecule has 0 unspecified atom stereocenters. The minimum Gasteiger partial charge on any atom is -0.399 e. The van der Waals surface area contributed by atoms with Gasteiger partial charge in [-0.05, 0) is 80.8 Å². The first-order valence-electron chi connectivity index (χ1n) is 17.6. The fourth-order valence-corrected chi connectivity index (χ4v) is 5.84. The summed E-state index contributed by atoms with van der Waals surface area (Å²) in [6.45, 7) is 6.33. The number of amides is 2. The number of ketones is 1. The third-order valence-corrected chi connectivity index (χ3v) is 8.66. The van der Waals surface area contributed by atoms with Gasteiger partial charge in [-0.1, -0.05) is 53.7 Å². The van der Waals surface area contributed by atoms with Crippen LogP contribution in [-0.2, 0) is 23.8 Å². The lowest BCUT2D eigenvalue weighted by Crippen LogP contribution is -2.15. The first kappa shape index (κ1) is 44.7. The molecule has 59 heavy (non-hydrogen) atoms. The van der Waals surface area contributed by atoms with Crippen LogP contribution in [0.25, 0.3) is 22.3 Å². The molecule has 2 heterocycles. The number of aromatic nitrogens is 4. The molecule has 4 aromatic carbocycles. The van der Waals surface area contributed by atoms with Gasteiger partial charge < -0.3 is 20.3 Å². The molecular formula is C42H42F4N8O5. The molecule has 0 fully saturated rings. The maximum absolute atomic E-state index is 14.2. The van der Waals surface area contributed by atoms with Gasteiger partial charge in [-0.3, -0.25) is 14.4 Å². The van der Waals surface area contributed by atoms with Crippen LogP contribution in [-0.4, -0.2) is 57.1 Å². The Morgan fingerprint density at radius 2 is 1.02 bits per heavy atom. The van der Waals surface area contributed by atoms with Crippen LogP contribution in [0.5, 0.6) is 0 Å². The highest BCUT2D eigenvalue weighted by Crippen LogP contribution is 2.32. The van der Waals surface area contributed by atoms with Crippen molar-refractivity contribution in [3.8, 4) is 22.3 Å². The van der Waals surface area contributed by atoms with Crippen molar-refractivity contribution in [1.29, 1.82) is 0 Å². The smallest absolute Gasteiger partial charge is 0.262 e. The summed E-state index contributed by atoms with van der Waals surface area (Å²) in [5.41, 5.74) is 5.10. The van der Waals surface area contributed by atoms with Gasteiger partial charge in [0.25, 0.3) is 11.8 Å². The van der Waals surface area contributed by atoms with Crippen LogP contribution in [0.4, 0.5) is 28.9 Å². The Kier molecular flexibility index (Phi) is 15.1. The van der Waals surface area contributed by atoms with Crippen molar-refractivity contribution in [3.05, 3.63) is 142 Å². The Balaban J connectivity index is 0.000000245. The quantitative estimate of drug-likeness (QED) is 0.0573. The summed E-state index contributed by atoms with van der Waals surface area (Å²) < 4.78 is 58.0. The number of carbonyl (C=O) groups excluding carboxylic acids is 3. The molecule has 0 saturated heterocycles. The number of hydrogen-bond acceptors (Lipinski definition) is 9. The lowest BCUT2D eigenvalue weighted by Gasteiger charge is -2.12. The Morgan fingerprint density at radius 1 is 0.644 bits per heavy atom. The topological polar surface area (TPSA) is 168 Å².